The summed E-state index contributed by atoms with van der Waals surface area (Å²) in [6.45, 7) is 29.9. The summed E-state index contributed by atoms with van der Waals surface area (Å²) in [5.41, 5.74) is 5.32. The van der Waals surface area contributed by atoms with Gasteiger partial charge < -0.3 is 9.47 Å². The Balaban J connectivity index is 0.000000316. The number of rotatable bonds is 24. The number of carbonyl (C=O) groups excluding carboxylic acids is 2. The highest BCUT2D eigenvalue weighted by Crippen LogP contribution is 2.69. The van der Waals surface area contributed by atoms with Crippen molar-refractivity contribution in [1.29, 1.82) is 0 Å². The number of thioether (sulfide) groups is 1. The van der Waals surface area contributed by atoms with E-state index in [-0.39, 0.29) is 28.2 Å². The first-order valence-electron chi connectivity index (χ1n) is 31.2. The van der Waals surface area contributed by atoms with Gasteiger partial charge in [-0.3, -0.25) is 13.8 Å². The highest BCUT2D eigenvalue weighted by molar-refractivity contribution is 7.99. The first kappa shape index (κ1) is 65.1. The van der Waals surface area contributed by atoms with Crippen LogP contribution in [0, 0.1) is 92.7 Å². The van der Waals surface area contributed by atoms with Gasteiger partial charge in [-0.15, -0.1) is 0 Å². The third-order valence-corrected chi connectivity index (χ3v) is 25.3. The zero-order valence-electron chi connectivity index (χ0n) is 49.3. The molecule has 0 saturated heterocycles. The number of hydrogen-bond donors (Lipinski definition) is 0. The molecule has 5 nitrogen and oxygen atoms in total. The van der Waals surface area contributed by atoms with Gasteiger partial charge in [0.1, 0.15) is 11.6 Å². The van der Waals surface area contributed by atoms with Gasteiger partial charge >= 0.3 is 0 Å². The lowest BCUT2D eigenvalue weighted by Crippen LogP contribution is -2.51. The number of fused-ring (bicyclic) bond motifs is 10. The molecule has 0 N–H and O–H groups in total. The average Bonchev–Trinajstić information content (AvgIpc) is 3.89. The molecule has 0 bridgehead atoms. The van der Waals surface area contributed by atoms with Gasteiger partial charge in [-0.1, -0.05) is 146 Å². The van der Waals surface area contributed by atoms with Crippen LogP contribution in [0.4, 0.5) is 0 Å². The topological polar surface area (TPSA) is 69.7 Å². The average molecular weight is 1080 g/mol. The van der Waals surface area contributed by atoms with E-state index in [0.717, 1.165) is 108 Å². The second kappa shape index (κ2) is 28.8. The Bertz CT molecular complexity index is 1900. The number of allylic oxidation sites excluding steroid dienone is 2. The van der Waals surface area contributed by atoms with E-state index in [9.17, 15) is 13.8 Å². The van der Waals surface area contributed by atoms with E-state index in [0.29, 0.717) is 64.5 Å². The lowest BCUT2D eigenvalue weighted by Gasteiger charge is -2.58. The first-order chi connectivity index (χ1) is 34.7. The lowest BCUT2D eigenvalue weighted by atomic mass is 9.47. The molecule has 75 heavy (non-hydrogen) atoms. The maximum absolute atomic E-state index is 12.2. The lowest BCUT2D eigenvalue weighted by molar-refractivity contribution is -0.117. The third kappa shape index (κ3) is 15.4. The zero-order chi connectivity index (χ0) is 52.7. The van der Waals surface area contributed by atoms with Gasteiger partial charge in [0.15, 0.2) is 0 Å². The van der Waals surface area contributed by atoms with E-state index in [1.165, 1.54) is 122 Å². The van der Waals surface area contributed by atoms with Crippen LogP contribution < -0.4 is 0 Å². The summed E-state index contributed by atoms with van der Waals surface area (Å²) in [5, 5.41) is 0. The Morgan fingerprint density at radius 3 is 1.48 bits per heavy atom. The molecule has 1 unspecified atom stereocenters. The summed E-state index contributed by atoms with van der Waals surface area (Å²) in [4.78, 5) is 22.3. The minimum absolute atomic E-state index is 0. The largest absolute Gasteiger partial charge is 0.377 e. The predicted octanol–water partition coefficient (Wildman–Crippen LogP) is 18.8. The van der Waals surface area contributed by atoms with Crippen LogP contribution in [0.5, 0.6) is 0 Å². The minimum Gasteiger partial charge on any atom is -0.377 e. The van der Waals surface area contributed by atoms with E-state index in [4.69, 9.17) is 9.47 Å². The van der Waals surface area contributed by atoms with E-state index in [2.05, 4.69) is 81.4 Å². The number of Topliss-reactive ketones (excluding diaryl/α,β-unsaturated/α-hetero) is 2. The molecular weight excluding hydrogens is 961 g/mol. The van der Waals surface area contributed by atoms with Crippen molar-refractivity contribution in [3.8, 4) is 0 Å². The van der Waals surface area contributed by atoms with Gasteiger partial charge in [0.2, 0.25) is 0 Å². The summed E-state index contributed by atoms with van der Waals surface area (Å²) in [6.07, 6.45) is 37.1. The van der Waals surface area contributed by atoms with Gasteiger partial charge in [-0.05, 0) is 209 Å². The van der Waals surface area contributed by atoms with Crippen molar-refractivity contribution >= 4 is 34.1 Å². The molecule has 6 fully saturated rings. The maximum atomic E-state index is 12.2. The first-order valence-corrected chi connectivity index (χ1v) is 33.9. The number of hydrogen-bond acceptors (Lipinski definition) is 6. The molecule has 0 spiro atoms. The Kier molecular flexibility index (Phi) is 25.0. The van der Waals surface area contributed by atoms with Crippen molar-refractivity contribution in [2.75, 3.05) is 36.2 Å². The summed E-state index contributed by atoms with van der Waals surface area (Å²) < 4.78 is 24.7. The number of ketones is 2. The maximum Gasteiger partial charge on any atom is 0.130 e. The van der Waals surface area contributed by atoms with Crippen molar-refractivity contribution < 1.29 is 24.7 Å². The molecule has 0 aromatic heterocycles. The van der Waals surface area contributed by atoms with Crippen LogP contribution >= 0.6 is 11.8 Å². The standard InChI is InChI=1S/C33H56O3S.C33H56O2S.2CH4.H2/c1-23(2)8-7-9-24(3)29-12-13-30-28-11-10-26-22-27(36-19-21-37(35)20-16-25(4)34)14-17-32(26,5)31(28)15-18-33(29,30)6;1-23(2)8-7-9-24(3)29-12-13-30-28-11-10-26-22-27(35-19-21-36-20-16-25(4)34)14-17-32(26,5)31(28)15-18-33(29,30)6;;;/h10,23-24,27-31H,7-9,11-22H2,1-6H3;10,23-24,27-31H,7-9,11-22H2,1-6H3;2*1H4;1H/t24-,27+,28+,29-,30+,31+,32+,33-,37?;24-,27+,28+,29-,30+,31+,32+,33-;;;/m11.../s1/i;;;;1+1. The monoisotopic (exact) mass is 1080 g/mol. The fourth-order valence-electron chi connectivity index (χ4n) is 18.8. The van der Waals surface area contributed by atoms with Crippen LogP contribution in [-0.4, -0.2) is 64.2 Å². The molecule has 0 amide bonds. The smallest absolute Gasteiger partial charge is 0.130 e. The molecule has 6 saturated carbocycles. The van der Waals surface area contributed by atoms with Crippen LogP contribution in [0.2, 0.25) is 0 Å². The van der Waals surface area contributed by atoms with Gasteiger partial charge in [-0.25, -0.2) is 0 Å². The molecule has 8 aliphatic rings. The van der Waals surface area contributed by atoms with E-state index >= 15 is 0 Å². The molecular formula is C68H122O5S2. The van der Waals surface area contributed by atoms with Gasteiger partial charge in [-0.2, -0.15) is 11.8 Å². The SMILES string of the molecule is C.C.CC(=O)CCS(=O)CCO[C@H]1CC[C@@]2(C)C(=CC[C@H]3[C@@H]4CC[C@H]([C@H](C)CCCC(C)C)[C@@]4(C)CC[C@@H]32)C1.CC(=O)CCSCCO[C@H]1CC[C@@]2(C)C(=CC[C@H]3[C@@H]4CC[C@H]([C@H](C)CCCC(C)C)[C@@]4(C)CC[C@@H]32)C1.[2HH]. The Morgan fingerprint density at radius 1 is 0.587 bits per heavy atom. The van der Waals surface area contributed by atoms with Crippen molar-refractivity contribution in [2.45, 2.75) is 264 Å². The Morgan fingerprint density at radius 2 is 1.04 bits per heavy atom. The molecule has 0 radical (unpaired) electrons. The fourth-order valence-corrected chi connectivity index (χ4v) is 20.7. The van der Waals surface area contributed by atoms with Crippen molar-refractivity contribution in [2.24, 2.45) is 92.7 Å². The molecule has 0 aliphatic heterocycles. The number of ether oxygens (including phenoxy) is 2. The molecule has 17 atom stereocenters. The Labute approximate surface area is 472 Å². The summed E-state index contributed by atoms with van der Waals surface area (Å²) >= 11 is 1.86. The summed E-state index contributed by atoms with van der Waals surface area (Å²) in [5.74, 6) is 14.1. The van der Waals surface area contributed by atoms with Crippen LogP contribution in [-0.2, 0) is 29.9 Å². The highest BCUT2D eigenvalue weighted by Gasteiger charge is 2.61. The van der Waals surface area contributed by atoms with Crippen LogP contribution in [0.25, 0.3) is 0 Å². The second-order valence-corrected chi connectivity index (χ2v) is 31.3. The molecule has 7 heteroatoms. The van der Waals surface area contributed by atoms with E-state index in [1.807, 2.05) is 11.8 Å². The van der Waals surface area contributed by atoms with Crippen LogP contribution in [0.1, 0.15) is 253 Å². The van der Waals surface area contributed by atoms with Crippen LogP contribution in [0.15, 0.2) is 23.3 Å². The normalized spacial score (nSPS) is 37.8. The van der Waals surface area contributed by atoms with E-state index < -0.39 is 10.8 Å². The van der Waals surface area contributed by atoms with Gasteiger partial charge in [0.25, 0.3) is 0 Å². The third-order valence-electron chi connectivity index (χ3n) is 23.0. The highest BCUT2D eigenvalue weighted by atomic mass is 32.2. The molecule has 0 heterocycles. The van der Waals surface area contributed by atoms with Crippen molar-refractivity contribution in [3.05, 3.63) is 23.3 Å². The molecule has 8 aliphatic carbocycles. The molecule has 0 aromatic rings. The van der Waals surface area contributed by atoms with Crippen LogP contribution in [0.3, 0.4) is 0 Å². The van der Waals surface area contributed by atoms with Crippen molar-refractivity contribution in [3.63, 3.8) is 0 Å². The number of carbonyl (C=O) groups is 2. The summed E-state index contributed by atoms with van der Waals surface area (Å²) in [6, 6.07) is 0. The Hall–Kier alpha value is -0.760. The van der Waals surface area contributed by atoms with Gasteiger partial charge in [0.05, 0.1) is 25.4 Å². The van der Waals surface area contributed by atoms with Crippen molar-refractivity contribution in [1.82, 2.24) is 0 Å². The minimum atomic E-state index is -0.945. The predicted molar refractivity (Wildman–Crippen MR) is 327 cm³/mol. The quantitative estimate of drug-likeness (QED) is 0.0709. The second-order valence-electron chi connectivity index (χ2n) is 28.4. The zero-order valence-corrected chi connectivity index (χ0v) is 50.9. The molecule has 8 rings (SSSR count). The summed E-state index contributed by atoms with van der Waals surface area (Å²) in [7, 11) is -0.945. The van der Waals surface area contributed by atoms with Gasteiger partial charge in [0, 0.05) is 48.1 Å². The van der Waals surface area contributed by atoms with E-state index in [1.54, 1.807) is 25.0 Å². The molecule has 0 aromatic carbocycles. The molecule has 436 valence electrons. The fraction of sp³-hybridized carbons (Fsp3) is 0.912.